The van der Waals surface area contributed by atoms with Gasteiger partial charge in [0, 0.05) is 24.1 Å². The first kappa shape index (κ1) is 23.7. The Balaban J connectivity index is 1.41. The third-order valence-electron chi connectivity index (χ3n) is 5.38. The van der Waals surface area contributed by atoms with Crippen LogP contribution in [0.4, 0.5) is 16.2 Å². The van der Waals surface area contributed by atoms with Crippen molar-refractivity contribution in [3.8, 4) is 5.82 Å². The largest absolute Gasteiger partial charge is 0.348 e. The number of benzene rings is 2. The fourth-order valence-corrected chi connectivity index (χ4v) is 3.80. The van der Waals surface area contributed by atoms with E-state index in [1.165, 1.54) is 0 Å². The van der Waals surface area contributed by atoms with Gasteiger partial charge in [-0.3, -0.25) is 4.79 Å². The van der Waals surface area contributed by atoms with E-state index in [0.717, 1.165) is 22.5 Å². The molecule has 3 amide bonds. The Bertz CT molecular complexity index is 1330. The van der Waals surface area contributed by atoms with Gasteiger partial charge in [0.2, 0.25) is 0 Å². The minimum absolute atomic E-state index is 0.0692. The van der Waals surface area contributed by atoms with Gasteiger partial charge in [-0.25, -0.2) is 14.5 Å². The summed E-state index contributed by atoms with van der Waals surface area (Å²) in [6.07, 6.45) is 3.27. The van der Waals surface area contributed by atoms with Crippen LogP contribution in [-0.2, 0) is 6.54 Å². The van der Waals surface area contributed by atoms with Crippen LogP contribution in [0.5, 0.6) is 0 Å². The lowest BCUT2D eigenvalue weighted by molar-refractivity contribution is 0.0949. The molecule has 0 spiro atoms. The van der Waals surface area contributed by atoms with Crippen LogP contribution in [0.2, 0.25) is 0 Å². The number of anilines is 2. The van der Waals surface area contributed by atoms with E-state index in [4.69, 9.17) is 0 Å². The molecule has 0 bridgehead atoms. The maximum absolute atomic E-state index is 13.0. The van der Waals surface area contributed by atoms with Crippen molar-refractivity contribution in [3.05, 3.63) is 102 Å². The zero-order valence-corrected chi connectivity index (χ0v) is 19.9. The van der Waals surface area contributed by atoms with Gasteiger partial charge in [0.15, 0.2) is 5.82 Å². The monoisotopic (exact) mass is 468 g/mol. The minimum atomic E-state index is -0.333. The van der Waals surface area contributed by atoms with E-state index in [9.17, 15) is 9.59 Å². The molecule has 2 aromatic carbocycles. The Kier molecular flexibility index (Phi) is 7.21. The van der Waals surface area contributed by atoms with Crippen LogP contribution in [0.3, 0.4) is 0 Å². The molecule has 0 saturated carbocycles. The minimum Gasteiger partial charge on any atom is -0.348 e. The fourth-order valence-electron chi connectivity index (χ4n) is 3.80. The van der Waals surface area contributed by atoms with Crippen LogP contribution in [-0.4, -0.2) is 26.7 Å². The Hall–Kier alpha value is -4.46. The molecule has 3 N–H and O–H groups in total. The number of pyridine rings is 1. The first-order chi connectivity index (χ1) is 16.9. The molecule has 0 unspecified atom stereocenters. The second-order valence-corrected chi connectivity index (χ2v) is 8.53. The van der Waals surface area contributed by atoms with Crippen molar-refractivity contribution in [2.24, 2.45) is 0 Å². The predicted octanol–water partition coefficient (Wildman–Crippen LogP) is 5.27. The van der Waals surface area contributed by atoms with Crippen molar-refractivity contribution in [3.63, 3.8) is 0 Å². The van der Waals surface area contributed by atoms with E-state index in [2.05, 4.69) is 26.0 Å². The number of hydrogen-bond donors (Lipinski definition) is 3. The third kappa shape index (κ3) is 5.92. The Morgan fingerprint density at radius 2 is 1.69 bits per heavy atom. The summed E-state index contributed by atoms with van der Waals surface area (Å²) >= 11 is 0. The average molecular weight is 469 g/mol. The summed E-state index contributed by atoms with van der Waals surface area (Å²) in [4.78, 5) is 29.7. The van der Waals surface area contributed by atoms with Gasteiger partial charge >= 0.3 is 6.03 Å². The van der Waals surface area contributed by atoms with Crippen LogP contribution >= 0.6 is 0 Å². The molecular formula is C27H28N6O2. The molecule has 2 heterocycles. The number of aryl methyl sites for hydroxylation is 1. The SMILES string of the molecule is Cc1cccc(NC(=O)Nc2cccc(CNC(=O)c3cnn(-c4ccccn4)c3C(C)C)c2)c1. The summed E-state index contributed by atoms with van der Waals surface area (Å²) in [5.41, 5.74) is 4.58. The topological polar surface area (TPSA) is 101 Å². The second kappa shape index (κ2) is 10.6. The van der Waals surface area contributed by atoms with Crippen LogP contribution in [0, 0.1) is 6.92 Å². The molecule has 4 rings (SSSR count). The number of carbonyl (C=O) groups excluding carboxylic acids is 2. The van der Waals surface area contributed by atoms with Crippen LogP contribution < -0.4 is 16.0 Å². The van der Waals surface area contributed by atoms with Gasteiger partial charge in [-0.2, -0.15) is 5.10 Å². The predicted molar refractivity (Wildman–Crippen MR) is 137 cm³/mol. The quantitative estimate of drug-likeness (QED) is 0.344. The van der Waals surface area contributed by atoms with Crippen LogP contribution in [0.25, 0.3) is 5.82 Å². The number of carbonyl (C=O) groups is 2. The van der Waals surface area contributed by atoms with Crippen LogP contribution in [0.1, 0.15) is 46.9 Å². The first-order valence-corrected chi connectivity index (χ1v) is 11.4. The van der Waals surface area contributed by atoms with E-state index >= 15 is 0 Å². The fraction of sp³-hybridized carbons (Fsp3) is 0.185. The maximum Gasteiger partial charge on any atom is 0.323 e. The number of amides is 3. The number of aromatic nitrogens is 3. The summed E-state index contributed by atoms with van der Waals surface area (Å²) in [6, 6.07) is 20.2. The lowest BCUT2D eigenvalue weighted by Gasteiger charge is -2.13. The van der Waals surface area contributed by atoms with Crippen molar-refractivity contribution in [2.75, 3.05) is 10.6 Å². The van der Waals surface area contributed by atoms with E-state index in [1.807, 2.05) is 81.4 Å². The molecule has 8 heteroatoms. The number of rotatable bonds is 7. The summed E-state index contributed by atoms with van der Waals surface area (Å²) in [5.74, 6) is 0.518. The average Bonchev–Trinajstić information content (AvgIpc) is 3.29. The molecule has 178 valence electrons. The number of hydrogen-bond acceptors (Lipinski definition) is 4. The summed E-state index contributed by atoms with van der Waals surface area (Å²) in [6.45, 7) is 6.31. The molecule has 0 aliphatic carbocycles. The van der Waals surface area contributed by atoms with Gasteiger partial charge in [-0.15, -0.1) is 0 Å². The summed E-state index contributed by atoms with van der Waals surface area (Å²) in [7, 11) is 0. The van der Waals surface area contributed by atoms with Crippen molar-refractivity contribution in [1.29, 1.82) is 0 Å². The van der Waals surface area contributed by atoms with E-state index in [1.54, 1.807) is 23.1 Å². The molecule has 35 heavy (non-hydrogen) atoms. The lowest BCUT2D eigenvalue weighted by Crippen LogP contribution is -2.24. The highest BCUT2D eigenvalue weighted by Crippen LogP contribution is 2.22. The molecule has 0 atom stereocenters. The van der Waals surface area contributed by atoms with Gasteiger partial charge < -0.3 is 16.0 Å². The van der Waals surface area contributed by atoms with E-state index in [0.29, 0.717) is 23.6 Å². The molecule has 0 aliphatic heterocycles. The van der Waals surface area contributed by atoms with E-state index < -0.39 is 0 Å². The molecule has 0 radical (unpaired) electrons. The smallest absolute Gasteiger partial charge is 0.323 e. The maximum atomic E-state index is 13.0. The van der Waals surface area contributed by atoms with Gasteiger partial charge in [0.1, 0.15) is 0 Å². The highest BCUT2D eigenvalue weighted by Gasteiger charge is 2.21. The Morgan fingerprint density at radius 3 is 2.37 bits per heavy atom. The summed E-state index contributed by atoms with van der Waals surface area (Å²) < 4.78 is 1.71. The highest BCUT2D eigenvalue weighted by molar-refractivity contribution is 6.00. The van der Waals surface area contributed by atoms with Gasteiger partial charge in [0.05, 0.1) is 17.5 Å². The molecule has 2 aromatic heterocycles. The van der Waals surface area contributed by atoms with Gasteiger partial charge in [0.25, 0.3) is 5.91 Å². The van der Waals surface area contributed by atoms with Crippen molar-refractivity contribution < 1.29 is 9.59 Å². The normalized spacial score (nSPS) is 10.7. The van der Waals surface area contributed by atoms with Crippen LogP contribution in [0.15, 0.2) is 79.1 Å². The third-order valence-corrected chi connectivity index (χ3v) is 5.38. The molecule has 0 saturated heterocycles. The number of nitrogens with one attached hydrogen (secondary N) is 3. The molecular weight excluding hydrogens is 440 g/mol. The Morgan fingerprint density at radius 1 is 0.943 bits per heavy atom. The lowest BCUT2D eigenvalue weighted by atomic mass is 10.1. The molecule has 0 aliphatic rings. The Labute approximate surface area is 204 Å². The first-order valence-electron chi connectivity index (χ1n) is 11.4. The molecule has 0 fully saturated rings. The van der Waals surface area contributed by atoms with Gasteiger partial charge in [-0.1, -0.05) is 44.2 Å². The molecule has 4 aromatic rings. The number of urea groups is 1. The molecule has 8 nitrogen and oxygen atoms in total. The zero-order chi connectivity index (χ0) is 24.8. The standard InChI is InChI=1S/C27H28N6O2/c1-18(2)25-23(17-30-33(25)24-12-4-5-13-28-24)26(34)29-16-20-9-7-11-22(15-20)32-27(35)31-21-10-6-8-19(3)14-21/h4-15,17-18H,16H2,1-3H3,(H,29,34)(H2,31,32,35). The highest BCUT2D eigenvalue weighted by atomic mass is 16.2. The second-order valence-electron chi connectivity index (χ2n) is 8.53. The summed E-state index contributed by atoms with van der Waals surface area (Å²) in [5, 5.41) is 13.0. The zero-order valence-electron chi connectivity index (χ0n) is 19.9. The van der Waals surface area contributed by atoms with Gasteiger partial charge in [-0.05, 0) is 60.4 Å². The number of nitrogens with zero attached hydrogens (tertiary/aromatic N) is 3. The van der Waals surface area contributed by atoms with Crippen molar-refractivity contribution in [1.82, 2.24) is 20.1 Å². The van der Waals surface area contributed by atoms with E-state index in [-0.39, 0.29) is 17.9 Å². The van der Waals surface area contributed by atoms with Crippen molar-refractivity contribution in [2.45, 2.75) is 33.2 Å². The van der Waals surface area contributed by atoms with Crippen molar-refractivity contribution >= 4 is 23.3 Å².